The second-order valence-electron chi connectivity index (χ2n) is 5.05. The predicted molar refractivity (Wildman–Crippen MR) is 78.6 cm³/mol. The summed E-state index contributed by atoms with van der Waals surface area (Å²) in [5.41, 5.74) is 2.59. The summed E-state index contributed by atoms with van der Waals surface area (Å²) in [6.45, 7) is 3.79. The first kappa shape index (κ1) is 14.4. The maximum atomic E-state index is 12.2. The Kier molecular flexibility index (Phi) is 3.50. The molecule has 6 nitrogen and oxygen atoms in total. The molecular formula is C15H12N2O4S. The van der Waals surface area contributed by atoms with Crippen molar-refractivity contribution in [1.82, 2.24) is 10.0 Å². The molecule has 22 heavy (non-hydrogen) atoms. The third kappa shape index (κ3) is 2.19. The quantitative estimate of drug-likeness (QED) is 0.814. The Morgan fingerprint density at radius 1 is 1.18 bits per heavy atom. The number of hydrogen-bond donors (Lipinski definition) is 0. The molecule has 0 saturated carbocycles. The van der Waals surface area contributed by atoms with Crippen molar-refractivity contribution in [3.63, 3.8) is 0 Å². The summed E-state index contributed by atoms with van der Waals surface area (Å²) in [6.07, 6.45) is 0. The molecule has 3 rings (SSSR count). The summed E-state index contributed by atoms with van der Waals surface area (Å²) in [7, 11) is 0. The zero-order valence-electron chi connectivity index (χ0n) is 11.9. The molecular weight excluding hydrogens is 304 g/mol. The molecule has 2 amide bonds. The van der Waals surface area contributed by atoms with E-state index in [1.807, 2.05) is 13.8 Å². The smallest absolute Gasteiger partial charge is 0.323 e. The van der Waals surface area contributed by atoms with E-state index in [2.05, 4.69) is 4.98 Å². The average Bonchev–Trinajstić information content (AvgIpc) is 3.08. The predicted octanol–water partition coefficient (Wildman–Crippen LogP) is 2.63. The van der Waals surface area contributed by atoms with E-state index < -0.39 is 17.8 Å². The minimum atomic E-state index is -0.749. The second-order valence-corrected chi connectivity index (χ2v) is 5.91. The number of hydrogen-bond acceptors (Lipinski definition) is 6. The van der Waals surface area contributed by atoms with E-state index in [4.69, 9.17) is 4.84 Å². The lowest BCUT2D eigenvalue weighted by Crippen LogP contribution is -2.32. The van der Waals surface area contributed by atoms with Gasteiger partial charge in [0.25, 0.3) is 11.8 Å². The van der Waals surface area contributed by atoms with Crippen molar-refractivity contribution in [1.29, 1.82) is 0 Å². The molecule has 0 radical (unpaired) electrons. The highest BCUT2D eigenvalue weighted by atomic mass is 32.1. The Balaban J connectivity index is 1.86. The van der Waals surface area contributed by atoms with E-state index in [0.29, 0.717) is 15.6 Å². The van der Waals surface area contributed by atoms with Crippen molar-refractivity contribution < 1.29 is 19.2 Å². The normalized spacial score (nSPS) is 13.7. The Hall–Kier alpha value is -2.54. The van der Waals surface area contributed by atoms with Gasteiger partial charge in [-0.05, 0) is 18.1 Å². The van der Waals surface area contributed by atoms with Gasteiger partial charge in [0.2, 0.25) is 0 Å². The maximum Gasteiger partial charge on any atom is 0.375 e. The highest BCUT2D eigenvalue weighted by Crippen LogP contribution is 2.26. The molecule has 0 saturated heterocycles. The Morgan fingerprint density at radius 2 is 1.77 bits per heavy atom. The second kappa shape index (κ2) is 5.34. The number of carbonyl (C=O) groups is 3. The molecule has 0 spiro atoms. The van der Waals surface area contributed by atoms with Gasteiger partial charge in [0.1, 0.15) is 4.88 Å². The van der Waals surface area contributed by atoms with Gasteiger partial charge in [-0.15, -0.1) is 11.3 Å². The molecule has 0 fully saturated rings. The zero-order valence-corrected chi connectivity index (χ0v) is 12.7. The molecule has 0 aliphatic carbocycles. The van der Waals surface area contributed by atoms with Crippen LogP contribution in [0.5, 0.6) is 0 Å². The lowest BCUT2D eigenvalue weighted by atomic mass is 10.1. The van der Waals surface area contributed by atoms with Gasteiger partial charge in [-0.3, -0.25) is 9.59 Å². The van der Waals surface area contributed by atoms with Crippen molar-refractivity contribution >= 4 is 29.1 Å². The number of imide groups is 1. The van der Waals surface area contributed by atoms with Gasteiger partial charge in [0.05, 0.1) is 22.3 Å². The van der Waals surface area contributed by atoms with Crippen LogP contribution in [0, 0.1) is 0 Å². The fraction of sp³-hybridized carbons (Fsp3) is 0.200. The highest BCUT2D eigenvalue weighted by molar-refractivity contribution is 7.11. The molecule has 2 aromatic rings. The van der Waals surface area contributed by atoms with Crippen LogP contribution < -0.4 is 0 Å². The number of nitrogens with zero attached hydrogens (tertiary/aromatic N) is 2. The number of rotatable bonds is 3. The third-order valence-corrected chi connectivity index (χ3v) is 4.08. The van der Waals surface area contributed by atoms with Crippen LogP contribution in [-0.4, -0.2) is 27.8 Å². The molecule has 0 atom stereocenters. The van der Waals surface area contributed by atoms with E-state index in [0.717, 1.165) is 11.3 Å². The van der Waals surface area contributed by atoms with Crippen molar-refractivity contribution in [3.8, 4) is 0 Å². The largest absolute Gasteiger partial charge is 0.375 e. The molecule has 7 heteroatoms. The van der Waals surface area contributed by atoms with E-state index in [9.17, 15) is 14.4 Å². The van der Waals surface area contributed by atoms with E-state index in [1.165, 1.54) is 17.6 Å². The number of thiazole rings is 1. The molecule has 0 N–H and O–H groups in total. The molecule has 1 aliphatic heterocycles. The first-order valence-electron chi connectivity index (χ1n) is 6.64. The van der Waals surface area contributed by atoms with Crippen LogP contribution in [0.2, 0.25) is 0 Å². The summed E-state index contributed by atoms with van der Waals surface area (Å²) < 4.78 is 0. The maximum absolute atomic E-state index is 12.2. The number of benzene rings is 1. The van der Waals surface area contributed by atoms with Gasteiger partial charge in [-0.1, -0.05) is 31.0 Å². The van der Waals surface area contributed by atoms with Crippen LogP contribution in [0.25, 0.3) is 0 Å². The summed E-state index contributed by atoms with van der Waals surface area (Å²) in [5.74, 6) is -1.98. The van der Waals surface area contributed by atoms with Crippen molar-refractivity contribution in [2.24, 2.45) is 0 Å². The van der Waals surface area contributed by atoms with Gasteiger partial charge in [-0.2, -0.15) is 0 Å². The zero-order chi connectivity index (χ0) is 15.9. The molecule has 1 aromatic heterocycles. The van der Waals surface area contributed by atoms with Crippen LogP contribution in [0.4, 0.5) is 0 Å². The SMILES string of the molecule is CC(C)c1ncsc1C(=O)ON1C(=O)c2ccccc2C1=O. The molecule has 2 heterocycles. The van der Waals surface area contributed by atoms with Crippen molar-refractivity contribution in [2.45, 2.75) is 19.8 Å². The monoisotopic (exact) mass is 316 g/mol. The Morgan fingerprint density at radius 3 is 2.32 bits per heavy atom. The number of carbonyl (C=O) groups excluding carboxylic acids is 3. The Labute approximate surface area is 130 Å². The van der Waals surface area contributed by atoms with Gasteiger partial charge in [-0.25, -0.2) is 9.78 Å². The van der Waals surface area contributed by atoms with Crippen molar-refractivity contribution in [2.75, 3.05) is 0 Å². The topological polar surface area (TPSA) is 76.6 Å². The standard InChI is InChI=1S/C15H12N2O4S/c1-8(2)11-12(22-7-16-11)15(20)21-17-13(18)9-5-3-4-6-10(9)14(17)19/h3-8H,1-2H3. The molecule has 0 bridgehead atoms. The van der Waals surface area contributed by atoms with Crippen LogP contribution in [-0.2, 0) is 4.84 Å². The lowest BCUT2D eigenvalue weighted by Gasteiger charge is -2.12. The van der Waals surface area contributed by atoms with Gasteiger partial charge >= 0.3 is 5.97 Å². The summed E-state index contributed by atoms with van der Waals surface area (Å²) in [4.78, 5) is 46.0. The Bertz CT molecular complexity index is 746. The van der Waals surface area contributed by atoms with Crippen LogP contribution in [0.1, 0.15) is 55.8 Å². The molecule has 0 unspecified atom stereocenters. The number of hydroxylamine groups is 2. The van der Waals surface area contributed by atoms with E-state index >= 15 is 0 Å². The van der Waals surface area contributed by atoms with E-state index in [-0.39, 0.29) is 17.0 Å². The highest BCUT2D eigenvalue weighted by Gasteiger charge is 2.39. The molecule has 1 aromatic carbocycles. The lowest BCUT2D eigenvalue weighted by molar-refractivity contribution is -0.0582. The number of aromatic nitrogens is 1. The minimum Gasteiger partial charge on any atom is -0.323 e. The molecule has 1 aliphatic rings. The summed E-state index contributed by atoms with van der Waals surface area (Å²) >= 11 is 1.12. The van der Waals surface area contributed by atoms with Crippen LogP contribution >= 0.6 is 11.3 Å². The fourth-order valence-electron chi connectivity index (χ4n) is 2.19. The van der Waals surface area contributed by atoms with Gasteiger partial charge in [0, 0.05) is 0 Å². The van der Waals surface area contributed by atoms with Gasteiger partial charge in [0.15, 0.2) is 0 Å². The van der Waals surface area contributed by atoms with Crippen molar-refractivity contribution in [3.05, 3.63) is 51.5 Å². The van der Waals surface area contributed by atoms with E-state index in [1.54, 1.807) is 12.1 Å². The van der Waals surface area contributed by atoms with Crippen LogP contribution in [0.15, 0.2) is 29.8 Å². The first-order valence-corrected chi connectivity index (χ1v) is 7.52. The third-order valence-electron chi connectivity index (χ3n) is 3.26. The number of fused-ring (bicyclic) bond motifs is 1. The first-order chi connectivity index (χ1) is 10.5. The van der Waals surface area contributed by atoms with Crippen LogP contribution in [0.3, 0.4) is 0 Å². The molecule has 112 valence electrons. The minimum absolute atomic E-state index is 0.0379. The summed E-state index contributed by atoms with van der Waals surface area (Å²) in [6, 6.07) is 6.34. The number of amides is 2. The van der Waals surface area contributed by atoms with Gasteiger partial charge < -0.3 is 4.84 Å². The summed E-state index contributed by atoms with van der Waals surface area (Å²) in [5, 5.41) is 0.511. The average molecular weight is 316 g/mol. The fourth-order valence-corrected chi connectivity index (χ4v) is 3.01.